The summed E-state index contributed by atoms with van der Waals surface area (Å²) in [5.74, 6) is -0.969. The zero-order chi connectivity index (χ0) is 22.5. The SMILES string of the molecule is COC(=O)[C@@H](CCSC)NC(=O)[C@@H]1CC(=O)c2sc(NC(=O)c3ccoc3C)nc2C1. The zero-order valence-corrected chi connectivity index (χ0v) is 19.0. The molecule has 2 atom stereocenters. The predicted molar refractivity (Wildman–Crippen MR) is 117 cm³/mol. The van der Waals surface area contributed by atoms with E-state index in [-0.39, 0.29) is 35.6 Å². The van der Waals surface area contributed by atoms with E-state index < -0.39 is 17.9 Å². The number of nitrogens with one attached hydrogen (secondary N) is 2. The highest BCUT2D eigenvalue weighted by atomic mass is 32.2. The van der Waals surface area contributed by atoms with Crippen molar-refractivity contribution in [1.29, 1.82) is 0 Å². The van der Waals surface area contributed by atoms with E-state index in [1.54, 1.807) is 24.8 Å². The maximum Gasteiger partial charge on any atom is 0.328 e. The van der Waals surface area contributed by atoms with Gasteiger partial charge in [0, 0.05) is 12.8 Å². The van der Waals surface area contributed by atoms with Crippen LogP contribution in [0.15, 0.2) is 16.7 Å². The molecule has 3 rings (SSSR count). The van der Waals surface area contributed by atoms with Gasteiger partial charge in [-0.25, -0.2) is 9.78 Å². The first kappa shape index (κ1) is 23.0. The van der Waals surface area contributed by atoms with Crippen LogP contribution in [0.1, 0.15) is 44.3 Å². The maximum atomic E-state index is 12.7. The summed E-state index contributed by atoms with van der Waals surface area (Å²) in [7, 11) is 1.27. The van der Waals surface area contributed by atoms with Crippen LogP contribution in [-0.2, 0) is 20.7 Å². The van der Waals surface area contributed by atoms with Crippen LogP contribution in [0.4, 0.5) is 5.13 Å². The quantitative estimate of drug-likeness (QED) is 0.569. The normalized spacial score (nSPS) is 16.4. The van der Waals surface area contributed by atoms with Crippen molar-refractivity contribution in [3.63, 3.8) is 0 Å². The van der Waals surface area contributed by atoms with Crippen molar-refractivity contribution >= 4 is 51.8 Å². The Hall–Kier alpha value is -2.66. The van der Waals surface area contributed by atoms with E-state index in [1.165, 1.54) is 13.4 Å². The number of thioether (sulfide) groups is 1. The number of Topliss-reactive ketones (excluding diaryl/α,β-unsaturated/α-hetero) is 1. The van der Waals surface area contributed by atoms with Crippen molar-refractivity contribution in [2.45, 2.75) is 32.2 Å². The Kier molecular flexibility index (Phi) is 7.50. The summed E-state index contributed by atoms with van der Waals surface area (Å²) in [5.41, 5.74) is 0.857. The van der Waals surface area contributed by atoms with E-state index in [4.69, 9.17) is 9.15 Å². The van der Waals surface area contributed by atoms with Crippen LogP contribution >= 0.6 is 23.1 Å². The molecule has 31 heavy (non-hydrogen) atoms. The van der Waals surface area contributed by atoms with E-state index in [0.717, 1.165) is 11.3 Å². The summed E-state index contributed by atoms with van der Waals surface area (Å²) in [6.45, 7) is 1.68. The van der Waals surface area contributed by atoms with Gasteiger partial charge in [0.15, 0.2) is 10.9 Å². The Labute approximate surface area is 187 Å². The number of esters is 1. The van der Waals surface area contributed by atoms with Crippen LogP contribution in [0.25, 0.3) is 0 Å². The highest BCUT2D eigenvalue weighted by Crippen LogP contribution is 2.32. The number of amides is 2. The number of ketones is 1. The second-order valence-corrected chi connectivity index (χ2v) is 9.02. The Morgan fingerprint density at radius 1 is 1.39 bits per heavy atom. The fourth-order valence-electron chi connectivity index (χ4n) is 3.27. The molecule has 0 bridgehead atoms. The average molecular weight is 466 g/mol. The average Bonchev–Trinajstić information content (AvgIpc) is 3.36. The zero-order valence-electron chi connectivity index (χ0n) is 17.4. The van der Waals surface area contributed by atoms with Crippen LogP contribution in [0.5, 0.6) is 0 Å². The first-order valence-electron chi connectivity index (χ1n) is 9.59. The minimum absolute atomic E-state index is 0.0195. The summed E-state index contributed by atoms with van der Waals surface area (Å²) in [6.07, 6.45) is 4.03. The van der Waals surface area contributed by atoms with Gasteiger partial charge in [0.25, 0.3) is 5.91 Å². The molecule has 2 amide bonds. The Bertz CT molecular complexity index is 999. The van der Waals surface area contributed by atoms with Gasteiger partial charge in [-0.3, -0.25) is 19.7 Å². The van der Waals surface area contributed by atoms with Crippen LogP contribution in [0.2, 0.25) is 0 Å². The fraction of sp³-hybridized carbons (Fsp3) is 0.450. The van der Waals surface area contributed by atoms with Crippen molar-refractivity contribution in [1.82, 2.24) is 10.3 Å². The van der Waals surface area contributed by atoms with E-state index in [0.29, 0.717) is 34.1 Å². The molecule has 9 nitrogen and oxygen atoms in total. The van der Waals surface area contributed by atoms with Gasteiger partial charge < -0.3 is 14.5 Å². The van der Waals surface area contributed by atoms with Gasteiger partial charge in [-0.1, -0.05) is 11.3 Å². The van der Waals surface area contributed by atoms with Gasteiger partial charge in [-0.15, -0.1) is 0 Å². The lowest BCUT2D eigenvalue weighted by molar-refractivity contribution is -0.145. The van der Waals surface area contributed by atoms with Gasteiger partial charge in [-0.05, 0) is 31.4 Å². The molecule has 1 aliphatic carbocycles. The van der Waals surface area contributed by atoms with Gasteiger partial charge in [0.05, 0.1) is 35.4 Å². The molecule has 0 saturated carbocycles. The Morgan fingerprint density at radius 3 is 2.81 bits per heavy atom. The number of aryl methyl sites for hydroxylation is 1. The number of methoxy groups -OCH3 is 1. The molecular formula is C20H23N3O6S2. The molecule has 2 aromatic rings. The third kappa shape index (κ3) is 5.34. The smallest absolute Gasteiger partial charge is 0.328 e. The molecule has 1 aliphatic rings. The molecule has 166 valence electrons. The largest absolute Gasteiger partial charge is 0.469 e. The molecule has 2 aromatic heterocycles. The van der Waals surface area contributed by atoms with E-state index in [1.807, 2.05) is 6.26 Å². The van der Waals surface area contributed by atoms with Crippen molar-refractivity contribution in [3.05, 3.63) is 34.2 Å². The number of hydrogen-bond acceptors (Lipinski definition) is 9. The lowest BCUT2D eigenvalue weighted by Crippen LogP contribution is -2.46. The number of carbonyl (C=O) groups excluding carboxylic acids is 4. The van der Waals surface area contributed by atoms with Gasteiger partial charge in [-0.2, -0.15) is 11.8 Å². The standard InChI is InChI=1S/C20H23N3O6S2/c1-10-12(4-6-29-10)18(26)23-20-22-14-8-11(9-15(24)16(14)31-20)17(25)21-13(5-7-30-3)19(27)28-2/h4,6,11,13H,5,7-9H2,1-3H3,(H,21,25)(H,22,23,26)/t11-,13+/m0/s1. The number of thiazole rings is 1. The van der Waals surface area contributed by atoms with E-state index in [9.17, 15) is 19.2 Å². The molecule has 2 heterocycles. The molecule has 0 fully saturated rings. The summed E-state index contributed by atoms with van der Waals surface area (Å²) in [4.78, 5) is 54.5. The van der Waals surface area contributed by atoms with Gasteiger partial charge in [0.2, 0.25) is 5.91 Å². The number of nitrogens with zero attached hydrogens (tertiary/aromatic N) is 1. The van der Waals surface area contributed by atoms with Crippen molar-refractivity contribution < 1.29 is 28.3 Å². The third-order valence-corrected chi connectivity index (χ3v) is 6.63. The van der Waals surface area contributed by atoms with Crippen molar-refractivity contribution in [2.24, 2.45) is 5.92 Å². The van der Waals surface area contributed by atoms with Gasteiger partial charge >= 0.3 is 5.97 Å². The molecule has 0 unspecified atom stereocenters. The summed E-state index contributed by atoms with van der Waals surface area (Å²) < 4.78 is 9.90. The number of aromatic nitrogens is 1. The predicted octanol–water partition coefficient (Wildman–Crippen LogP) is 2.45. The molecule has 0 aliphatic heterocycles. The highest BCUT2D eigenvalue weighted by molar-refractivity contribution is 7.98. The number of rotatable bonds is 8. The molecule has 2 N–H and O–H groups in total. The third-order valence-electron chi connectivity index (χ3n) is 4.93. The molecule has 0 aromatic carbocycles. The number of carbonyl (C=O) groups is 4. The topological polar surface area (TPSA) is 128 Å². The number of ether oxygens (including phenoxy) is 1. The summed E-state index contributed by atoms with van der Waals surface area (Å²) >= 11 is 2.65. The number of hydrogen-bond donors (Lipinski definition) is 2. The number of anilines is 1. The summed E-state index contributed by atoms with van der Waals surface area (Å²) in [6, 6.07) is 0.795. The minimum Gasteiger partial charge on any atom is -0.469 e. The second kappa shape index (κ2) is 10.1. The van der Waals surface area contributed by atoms with E-state index >= 15 is 0 Å². The maximum absolute atomic E-state index is 12.7. The van der Waals surface area contributed by atoms with Crippen LogP contribution in [0, 0.1) is 12.8 Å². The van der Waals surface area contributed by atoms with Gasteiger partial charge in [0.1, 0.15) is 11.8 Å². The fourth-order valence-corrected chi connectivity index (χ4v) is 4.68. The van der Waals surface area contributed by atoms with Crippen molar-refractivity contribution in [2.75, 3.05) is 24.4 Å². The molecular weight excluding hydrogens is 442 g/mol. The Morgan fingerprint density at radius 2 is 2.16 bits per heavy atom. The number of fused-ring (bicyclic) bond motifs is 1. The van der Waals surface area contributed by atoms with Crippen LogP contribution in [-0.4, -0.2) is 53.7 Å². The molecule has 11 heteroatoms. The second-order valence-electron chi connectivity index (χ2n) is 7.03. The van der Waals surface area contributed by atoms with Crippen LogP contribution in [0.3, 0.4) is 0 Å². The molecule has 0 spiro atoms. The molecule has 0 saturated heterocycles. The Balaban J connectivity index is 1.69. The number of furan rings is 1. The molecule has 0 radical (unpaired) electrons. The summed E-state index contributed by atoms with van der Waals surface area (Å²) in [5, 5.41) is 5.67. The lowest BCUT2D eigenvalue weighted by atomic mass is 9.89. The van der Waals surface area contributed by atoms with Crippen LogP contribution < -0.4 is 10.6 Å². The van der Waals surface area contributed by atoms with E-state index in [2.05, 4.69) is 15.6 Å². The highest BCUT2D eigenvalue weighted by Gasteiger charge is 2.35. The lowest BCUT2D eigenvalue weighted by Gasteiger charge is -2.22. The first-order valence-corrected chi connectivity index (χ1v) is 11.8. The first-order chi connectivity index (χ1) is 14.8. The monoisotopic (exact) mass is 465 g/mol. The van der Waals surface area contributed by atoms with Crippen molar-refractivity contribution in [3.8, 4) is 0 Å². The minimum atomic E-state index is -0.759.